The van der Waals surface area contributed by atoms with Crippen LogP contribution >= 0.6 is 0 Å². The third kappa shape index (κ3) is 1.77. The Morgan fingerprint density at radius 2 is 1.40 bits per heavy atom. The van der Waals surface area contributed by atoms with Crippen molar-refractivity contribution in [2.45, 2.75) is 0 Å². The first-order chi connectivity index (χ1) is 9.93. The van der Waals surface area contributed by atoms with Gasteiger partial charge in [-0.25, -0.2) is 0 Å². The van der Waals surface area contributed by atoms with Crippen molar-refractivity contribution in [3.05, 3.63) is 107 Å². The largest absolute Gasteiger partial charge is 0.0735 e. The molecule has 0 radical (unpaired) electrons. The van der Waals surface area contributed by atoms with Crippen LogP contribution in [0.3, 0.4) is 0 Å². The van der Waals surface area contributed by atoms with Gasteiger partial charge in [0, 0.05) is 11.8 Å². The van der Waals surface area contributed by atoms with E-state index in [1.54, 1.807) is 0 Å². The Labute approximate surface area is 119 Å². The summed E-state index contributed by atoms with van der Waals surface area (Å²) >= 11 is 0. The lowest BCUT2D eigenvalue weighted by Gasteiger charge is -2.31. The van der Waals surface area contributed by atoms with E-state index in [2.05, 4.69) is 85.1 Å². The first kappa shape index (κ1) is 11.5. The van der Waals surface area contributed by atoms with Gasteiger partial charge in [0.15, 0.2) is 0 Å². The zero-order valence-electron chi connectivity index (χ0n) is 11.2. The fraction of sp³-hybridized carbons (Fsp3) is 0.100. The predicted octanol–water partition coefficient (Wildman–Crippen LogP) is 4.76. The van der Waals surface area contributed by atoms with Crippen molar-refractivity contribution >= 4 is 0 Å². The topological polar surface area (TPSA) is 0 Å². The Bertz CT molecular complexity index is 683. The second-order valence-corrected chi connectivity index (χ2v) is 5.41. The van der Waals surface area contributed by atoms with Gasteiger partial charge in [0.1, 0.15) is 0 Å². The second-order valence-electron chi connectivity index (χ2n) is 5.41. The van der Waals surface area contributed by atoms with Gasteiger partial charge in [0.05, 0.1) is 0 Å². The molecule has 0 saturated heterocycles. The van der Waals surface area contributed by atoms with E-state index in [9.17, 15) is 0 Å². The number of rotatable bonds is 1. The van der Waals surface area contributed by atoms with Gasteiger partial charge >= 0.3 is 0 Å². The van der Waals surface area contributed by atoms with Crippen LogP contribution in [0.1, 0.15) is 0 Å². The summed E-state index contributed by atoms with van der Waals surface area (Å²) in [4.78, 5) is 0. The van der Waals surface area contributed by atoms with Crippen LogP contribution in [0.4, 0.5) is 0 Å². The van der Waals surface area contributed by atoms with Crippen LogP contribution in [0.2, 0.25) is 0 Å². The van der Waals surface area contributed by atoms with Gasteiger partial charge in [0.2, 0.25) is 0 Å². The third-order valence-corrected chi connectivity index (χ3v) is 4.25. The van der Waals surface area contributed by atoms with E-state index in [4.69, 9.17) is 0 Å². The molecular weight excluding hydrogens is 240 g/mol. The third-order valence-electron chi connectivity index (χ3n) is 4.25. The van der Waals surface area contributed by atoms with Crippen molar-refractivity contribution in [3.8, 4) is 0 Å². The van der Waals surface area contributed by atoms with Crippen molar-refractivity contribution in [1.29, 1.82) is 0 Å². The lowest BCUT2D eigenvalue weighted by atomic mass is 9.73. The lowest BCUT2D eigenvalue weighted by Crippen LogP contribution is -2.18. The Balaban J connectivity index is 1.83. The summed E-state index contributed by atoms with van der Waals surface area (Å²) in [6.45, 7) is 0. The van der Waals surface area contributed by atoms with Crippen LogP contribution in [0, 0.1) is 11.8 Å². The monoisotopic (exact) mass is 256 g/mol. The minimum Gasteiger partial charge on any atom is -0.0735 e. The Morgan fingerprint density at radius 1 is 0.650 bits per heavy atom. The summed E-state index contributed by atoms with van der Waals surface area (Å²) in [6, 6.07) is 0. The Kier molecular flexibility index (Phi) is 2.67. The molecular formula is C20H16. The quantitative estimate of drug-likeness (QED) is 0.634. The molecule has 4 rings (SSSR count). The minimum absolute atomic E-state index is 0.393. The van der Waals surface area contributed by atoms with Crippen molar-refractivity contribution in [1.82, 2.24) is 0 Å². The summed E-state index contributed by atoms with van der Waals surface area (Å²) < 4.78 is 0. The van der Waals surface area contributed by atoms with E-state index in [0.29, 0.717) is 11.8 Å². The maximum absolute atomic E-state index is 2.29. The lowest BCUT2D eigenvalue weighted by molar-refractivity contribution is 0.763. The summed E-state index contributed by atoms with van der Waals surface area (Å²) in [5.74, 6) is 0.828. The van der Waals surface area contributed by atoms with Crippen LogP contribution in [0.25, 0.3) is 0 Å². The highest BCUT2D eigenvalue weighted by molar-refractivity contribution is 5.59. The molecule has 0 saturated carbocycles. The summed E-state index contributed by atoms with van der Waals surface area (Å²) in [6.07, 6.45) is 30.9. The van der Waals surface area contributed by atoms with Gasteiger partial charge < -0.3 is 0 Å². The molecule has 0 bridgehead atoms. The number of hydrogen-bond donors (Lipinski definition) is 0. The molecule has 96 valence electrons. The second kappa shape index (κ2) is 4.64. The van der Waals surface area contributed by atoms with Gasteiger partial charge in [0.25, 0.3) is 0 Å². The highest BCUT2D eigenvalue weighted by atomic mass is 14.3. The fourth-order valence-electron chi connectivity index (χ4n) is 3.31. The maximum Gasteiger partial charge on any atom is 0.0317 e. The minimum atomic E-state index is 0.393. The molecule has 4 aliphatic rings. The number of fused-ring (bicyclic) bond motifs is 1. The molecule has 0 heterocycles. The SMILES string of the molecule is C1=CC2=CC=CC(=C3C=CC=C3)C2C(C2C=CC=C2)=C1. The smallest absolute Gasteiger partial charge is 0.0317 e. The van der Waals surface area contributed by atoms with E-state index in [1.165, 1.54) is 22.3 Å². The summed E-state index contributed by atoms with van der Waals surface area (Å²) in [5.41, 5.74) is 5.63. The molecule has 20 heavy (non-hydrogen) atoms. The molecule has 0 heteroatoms. The van der Waals surface area contributed by atoms with Gasteiger partial charge in [-0.15, -0.1) is 0 Å². The van der Waals surface area contributed by atoms with Gasteiger partial charge in [-0.05, 0) is 22.3 Å². The van der Waals surface area contributed by atoms with Crippen molar-refractivity contribution in [3.63, 3.8) is 0 Å². The molecule has 0 spiro atoms. The van der Waals surface area contributed by atoms with Crippen LogP contribution in [-0.2, 0) is 0 Å². The van der Waals surface area contributed by atoms with E-state index in [1.807, 2.05) is 0 Å². The van der Waals surface area contributed by atoms with E-state index >= 15 is 0 Å². The summed E-state index contributed by atoms with van der Waals surface area (Å²) in [7, 11) is 0. The molecule has 0 nitrogen and oxygen atoms in total. The van der Waals surface area contributed by atoms with Crippen LogP contribution in [0.5, 0.6) is 0 Å². The summed E-state index contributed by atoms with van der Waals surface area (Å²) in [5, 5.41) is 0. The van der Waals surface area contributed by atoms with Gasteiger partial charge in [-0.1, -0.05) is 85.1 Å². The highest BCUT2D eigenvalue weighted by Crippen LogP contribution is 2.42. The van der Waals surface area contributed by atoms with Gasteiger partial charge in [-0.2, -0.15) is 0 Å². The highest BCUT2D eigenvalue weighted by Gasteiger charge is 2.29. The van der Waals surface area contributed by atoms with Crippen molar-refractivity contribution in [2.24, 2.45) is 11.8 Å². The Morgan fingerprint density at radius 3 is 2.20 bits per heavy atom. The average Bonchev–Trinajstić information content (AvgIpc) is 3.19. The zero-order chi connectivity index (χ0) is 13.4. The van der Waals surface area contributed by atoms with Crippen LogP contribution in [-0.4, -0.2) is 0 Å². The normalized spacial score (nSPS) is 26.5. The fourth-order valence-corrected chi connectivity index (χ4v) is 3.31. The molecule has 0 aromatic rings. The zero-order valence-corrected chi connectivity index (χ0v) is 11.2. The molecule has 4 aliphatic carbocycles. The molecule has 0 aromatic carbocycles. The van der Waals surface area contributed by atoms with Crippen LogP contribution < -0.4 is 0 Å². The van der Waals surface area contributed by atoms with Crippen LogP contribution in [0.15, 0.2) is 107 Å². The standard InChI is InChI=1S/C20H16/c1-2-8-15(7-1)18-13-5-11-17-12-6-14-19(20(17)18)16-9-3-4-10-16/h1-15,20H. The molecule has 1 unspecified atom stereocenters. The Hall–Kier alpha value is -2.34. The van der Waals surface area contributed by atoms with Crippen molar-refractivity contribution in [2.75, 3.05) is 0 Å². The average molecular weight is 256 g/mol. The predicted molar refractivity (Wildman–Crippen MR) is 85.0 cm³/mol. The number of allylic oxidation sites excluding steroid dienone is 18. The molecule has 0 aliphatic heterocycles. The molecule has 1 atom stereocenters. The van der Waals surface area contributed by atoms with Crippen molar-refractivity contribution < 1.29 is 0 Å². The maximum atomic E-state index is 2.29. The first-order valence-electron chi connectivity index (χ1n) is 7.14. The molecule has 0 fully saturated rings. The molecule has 0 amide bonds. The van der Waals surface area contributed by atoms with E-state index in [-0.39, 0.29) is 0 Å². The van der Waals surface area contributed by atoms with Gasteiger partial charge in [-0.3, -0.25) is 0 Å². The van der Waals surface area contributed by atoms with E-state index < -0.39 is 0 Å². The first-order valence-corrected chi connectivity index (χ1v) is 7.14. The molecule has 0 N–H and O–H groups in total. The molecule has 0 aromatic heterocycles. The van der Waals surface area contributed by atoms with E-state index in [0.717, 1.165) is 0 Å². The number of hydrogen-bond acceptors (Lipinski definition) is 0.